The third-order valence-corrected chi connectivity index (χ3v) is 3.17. The van der Waals surface area contributed by atoms with Crippen LogP contribution in [0.1, 0.15) is 25.7 Å². The molecule has 0 bridgehead atoms. The molecule has 1 heterocycles. The zero-order valence-electron chi connectivity index (χ0n) is 9.12. The van der Waals surface area contributed by atoms with E-state index in [0.717, 1.165) is 45.0 Å². The number of piperidine rings is 1. The Balaban J connectivity index is 2.17. The summed E-state index contributed by atoms with van der Waals surface area (Å²) in [5.74, 6) is 0.695. The first-order chi connectivity index (χ1) is 6.99. The molecule has 5 nitrogen and oxygen atoms in total. The number of sulfonamides is 1. The molecule has 0 atom stereocenters. The number of nitrogens with zero attached hydrogens (tertiary/aromatic N) is 1. The molecule has 6 heteroatoms. The maximum atomic E-state index is 10.8. The number of likely N-dealkylation sites (tertiary alicyclic amines) is 1. The van der Waals surface area contributed by atoms with Crippen LogP contribution in [0.15, 0.2) is 0 Å². The van der Waals surface area contributed by atoms with Gasteiger partial charge < -0.3 is 4.90 Å². The SMILES string of the molecule is CS(=O)(=O)NCCCN1CCCCC1=N. The predicted molar refractivity (Wildman–Crippen MR) is 60.6 cm³/mol. The van der Waals surface area contributed by atoms with Gasteiger partial charge in [0.1, 0.15) is 0 Å². The van der Waals surface area contributed by atoms with E-state index >= 15 is 0 Å². The summed E-state index contributed by atoms with van der Waals surface area (Å²) in [4.78, 5) is 2.04. The molecule has 0 aliphatic carbocycles. The molecule has 1 aliphatic heterocycles. The van der Waals surface area contributed by atoms with E-state index in [2.05, 4.69) is 4.72 Å². The first-order valence-corrected chi connectivity index (χ1v) is 7.15. The lowest BCUT2D eigenvalue weighted by molar-refractivity contribution is 0.362. The normalized spacial score (nSPS) is 18.2. The van der Waals surface area contributed by atoms with Gasteiger partial charge in [0.25, 0.3) is 0 Å². The summed E-state index contributed by atoms with van der Waals surface area (Å²) in [6.45, 7) is 2.18. The minimum Gasteiger partial charge on any atom is -0.361 e. The standard InChI is InChI=1S/C9H19N3O2S/c1-15(13,14)11-6-4-8-12-7-3-2-5-9(12)10/h10-11H,2-8H2,1H3. The Labute approximate surface area is 91.4 Å². The zero-order chi connectivity index (χ0) is 11.3. The summed E-state index contributed by atoms with van der Waals surface area (Å²) in [6, 6.07) is 0. The fourth-order valence-electron chi connectivity index (χ4n) is 1.66. The molecule has 1 aliphatic rings. The minimum absolute atomic E-state index is 0.461. The van der Waals surface area contributed by atoms with Crippen LogP contribution in [0.25, 0.3) is 0 Å². The Morgan fingerprint density at radius 2 is 2.20 bits per heavy atom. The molecule has 88 valence electrons. The Bertz CT molecular complexity index is 313. The third kappa shape index (κ3) is 5.13. The zero-order valence-corrected chi connectivity index (χ0v) is 9.94. The van der Waals surface area contributed by atoms with Crippen molar-refractivity contribution in [1.29, 1.82) is 5.41 Å². The second-order valence-corrected chi connectivity index (χ2v) is 5.74. The number of nitrogens with one attached hydrogen (secondary N) is 2. The maximum absolute atomic E-state index is 10.8. The lowest BCUT2D eigenvalue weighted by Crippen LogP contribution is -2.37. The molecule has 0 amide bonds. The average Bonchev–Trinajstić information content (AvgIpc) is 2.13. The molecular weight excluding hydrogens is 214 g/mol. The Kier molecular flexibility index (Phi) is 4.53. The highest BCUT2D eigenvalue weighted by atomic mass is 32.2. The van der Waals surface area contributed by atoms with Gasteiger partial charge in [0.05, 0.1) is 12.1 Å². The van der Waals surface area contributed by atoms with Gasteiger partial charge in [-0.1, -0.05) is 0 Å². The van der Waals surface area contributed by atoms with Gasteiger partial charge in [-0.2, -0.15) is 0 Å². The second kappa shape index (κ2) is 5.46. The van der Waals surface area contributed by atoms with E-state index in [-0.39, 0.29) is 0 Å². The molecule has 0 aromatic rings. The largest absolute Gasteiger partial charge is 0.361 e. The number of hydrogen-bond acceptors (Lipinski definition) is 3. The van der Waals surface area contributed by atoms with E-state index in [1.54, 1.807) is 0 Å². The molecule has 2 N–H and O–H groups in total. The number of hydrogen-bond donors (Lipinski definition) is 2. The van der Waals surface area contributed by atoms with Gasteiger partial charge in [0.15, 0.2) is 0 Å². The van der Waals surface area contributed by atoms with Crippen LogP contribution in [0.2, 0.25) is 0 Å². The van der Waals surface area contributed by atoms with Crippen molar-refractivity contribution in [2.45, 2.75) is 25.7 Å². The van der Waals surface area contributed by atoms with Crippen molar-refractivity contribution in [2.75, 3.05) is 25.9 Å². The maximum Gasteiger partial charge on any atom is 0.208 e. The molecule has 0 radical (unpaired) electrons. The van der Waals surface area contributed by atoms with E-state index in [1.807, 2.05) is 4.90 Å². The molecule has 0 aromatic heterocycles. The lowest BCUT2D eigenvalue weighted by Gasteiger charge is -2.29. The minimum atomic E-state index is -3.06. The van der Waals surface area contributed by atoms with Gasteiger partial charge >= 0.3 is 0 Å². The molecule has 0 unspecified atom stereocenters. The molecule has 0 aromatic carbocycles. The highest BCUT2D eigenvalue weighted by Gasteiger charge is 2.13. The van der Waals surface area contributed by atoms with Crippen LogP contribution >= 0.6 is 0 Å². The summed E-state index contributed by atoms with van der Waals surface area (Å²) >= 11 is 0. The molecule has 0 saturated carbocycles. The summed E-state index contributed by atoms with van der Waals surface area (Å²) in [5.41, 5.74) is 0. The highest BCUT2D eigenvalue weighted by molar-refractivity contribution is 7.88. The first-order valence-electron chi connectivity index (χ1n) is 5.26. The van der Waals surface area contributed by atoms with Gasteiger partial charge in [-0.15, -0.1) is 0 Å². The van der Waals surface area contributed by atoms with Gasteiger partial charge in [0.2, 0.25) is 10.0 Å². The van der Waals surface area contributed by atoms with E-state index in [0.29, 0.717) is 12.4 Å². The lowest BCUT2D eigenvalue weighted by atomic mass is 10.1. The van der Waals surface area contributed by atoms with Gasteiger partial charge in [0, 0.05) is 26.1 Å². The Morgan fingerprint density at radius 3 is 2.80 bits per heavy atom. The molecule has 15 heavy (non-hydrogen) atoms. The summed E-state index contributed by atoms with van der Waals surface area (Å²) in [5, 5.41) is 7.69. The van der Waals surface area contributed by atoms with Gasteiger partial charge in [-0.25, -0.2) is 13.1 Å². The van der Waals surface area contributed by atoms with Crippen molar-refractivity contribution in [3.05, 3.63) is 0 Å². The van der Waals surface area contributed by atoms with Gasteiger partial charge in [-0.05, 0) is 19.3 Å². The van der Waals surface area contributed by atoms with Crippen molar-refractivity contribution < 1.29 is 8.42 Å². The third-order valence-electron chi connectivity index (χ3n) is 2.44. The van der Waals surface area contributed by atoms with Crippen LogP contribution in [0.3, 0.4) is 0 Å². The van der Waals surface area contributed by atoms with E-state index < -0.39 is 10.0 Å². The van der Waals surface area contributed by atoms with Crippen molar-refractivity contribution in [1.82, 2.24) is 9.62 Å². The summed E-state index contributed by atoms with van der Waals surface area (Å²) in [6.07, 6.45) is 5.03. The van der Waals surface area contributed by atoms with Crippen LogP contribution < -0.4 is 4.72 Å². The van der Waals surface area contributed by atoms with Crippen molar-refractivity contribution in [3.8, 4) is 0 Å². The van der Waals surface area contributed by atoms with Crippen LogP contribution in [0, 0.1) is 5.41 Å². The highest BCUT2D eigenvalue weighted by Crippen LogP contribution is 2.10. The van der Waals surface area contributed by atoms with Crippen molar-refractivity contribution in [2.24, 2.45) is 0 Å². The second-order valence-electron chi connectivity index (χ2n) is 3.91. The topological polar surface area (TPSA) is 73.3 Å². The fourth-order valence-corrected chi connectivity index (χ4v) is 2.18. The summed E-state index contributed by atoms with van der Waals surface area (Å²) < 4.78 is 24.0. The van der Waals surface area contributed by atoms with Gasteiger partial charge in [-0.3, -0.25) is 5.41 Å². The van der Waals surface area contributed by atoms with Crippen molar-refractivity contribution in [3.63, 3.8) is 0 Å². The molecule has 0 spiro atoms. The van der Waals surface area contributed by atoms with Crippen LogP contribution in [0.5, 0.6) is 0 Å². The first kappa shape index (κ1) is 12.4. The van der Waals surface area contributed by atoms with Crippen LogP contribution in [0.4, 0.5) is 0 Å². The quantitative estimate of drug-likeness (QED) is 0.675. The van der Waals surface area contributed by atoms with E-state index in [1.165, 1.54) is 0 Å². The monoisotopic (exact) mass is 233 g/mol. The van der Waals surface area contributed by atoms with Crippen molar-refractivity contribution >= 4 is 15.9 Å². The smallest absolute Gasteiger partial charge is 0.208 e. The van der Waals surface area contributed by atoms with Crippen LogP contribution in [-0.2, 0) is 10.0 Å². The molecule has 1 fully saturated rings. The average molecular weight is 233 g/mol. The predicted octanol–water partition coefficient (Wildman–Crippen LogP) is 0.389. The molecule has 1 saturated heterocycles. The van der Waals surface area contributed by atoms with E-state index in [9.17, 15) is 8.42 Å². The van der Waals surface area contributed by atoms with Crippen LogP contribution in [-0.4, -0.2) is 45.0 Å². The summed E-state index contributed by atoms with van der Waals surface area (Å²) in [7, 11) is -3.06. The fraction of sp³-hybridized carbons (Fsp3) is 0.889. The molecule has 1 rings (SSSR count). The Hall–Kier alpha value is -0.620. The number of amidine groups is 1. The number of rotatable bonds is 5. The molecular formula is C9H19N3O2S. The van der Waals surface area contributed by atoms with E-state index in [4.69, 9.17) is 5.41 Å². The Morgan fingerprint density at radius 1 is 1.47 bits per heavy atom.